The van der Waals surface area contributed by atoms with E-state index in [1.807, 2.05) is 19.1 Å². The second-order valence-corrected chi connectivity index (χ2v) is 8.01. The molecule has 0 atom stereocenters. The predicted octanol–water partition coefficient (Wildman–Crippen LogP) is 5.13. The smallest absolute Gasteiger partial charge is 0.321 e. The lowest BCUT2D eigenvalue weighted by atomic mass is 10.2. The van der Waals surface area contributed by atoms with Gasteiger partial charge < -0.3 is 5.32 Å². The van der Waals surface area contributed by atoms with Crippen LogP contribution in [0.3, 0.4) is 0 Å². The van der Waals surface area contributed by atoms with Crippen molar-refractivity contribution < 1.29 is 18.0 Å². The lowest BCUT2D eigenvalue weighted by Crippen LogP contribution is -2.21. The van der Waals surface area contributed by atoms with Crippen LogP contribution in [0.5, 0.6) is 0 Å². The second-order valence-electron chi connectivity index (χ2n) is 6.78. The zero-order valence-corrected chi connectivity index (χ0v) is 18.7. The topological polar surface area (TPSA) is 64.7 Å². The van der Waals surface area contributed by atoms with Gasteiger partial charge in [-0.05, 0) is 54.4 Å². The van der Waals surface area contributed by atoms with E-state index in [0.717, 1.165) is 15.9 Å². The minimum Gasteiger partial charge on any atom is -0.321 e. The Hall–Kier alpha value is -2.33. The Morgan fingerprint density at radius 3 is 2.30 bits per heavy atom. The van der Waals surface area contributed by atoms with Crippen molar-refractivity contribution >= 4 is 39.1 Å². The van der Waals surface area contributed by atoms with Crippen LogP contribution in [0.1, 0.15) is 28.3 Å². The maximum absolute atomic E-state index is 13.0. The average molecular weight is 505 g/mol. The van der Waals surface area contributed by atoms with Crippen LogP contribution in [-0.4, -0.2) is 25.5 Å². The highest BCUT2D eigenvalue weighted by Gasteiger charge is 2.38. The number of amides is 1. The van der Waals surface area contributed by atoms with Crippen molar-refractivity contribution in [2.24, 2.45) is 0 Å². The lowest BCUT2D eigenvalue weighted by Gasteiger charge is -2.08. The molecule has 0 bridgehead atoms. The summed E-state index contributed by atoms with van der Waals surface area (Å²) in [6.45, 7) is 5.14. The number of nitrogens with one attached hydrogen (secondary N) is 1. The second kappa shape index (κ2) is 8.43. The van der Waals surface area contributed by atoms with Gasteiger partial charge in [-0.3, -0.25) is 14.2 Å². The number of aromatic nitrogens is 4. The molecule has 3 aromatic rings. The van der Waals surface area contributed by atoms with Crippen molar-refractivity contribution in [3.63, 3.8) is 0 Å². The highest BCUT2D eigenvalue weighted by molar-refractivity contribution is 9.10. The molecule has 160 valence electrons. The van der Waals surface area contributed by atoms with E-state index in [4.69, 9.17) is 11.6 Å². The fraction of sp³-hybridized carbons (Fsp3) is 0.316. The molecule has 1 aromatic carbocycles. The third kappa shape index (κ3) is 4.70. The van der Waals surface area contributed by atoms with Crippen molar-refractivity contribution in [1.82, 2.24) is 19.6 Å². The molecule has 30 heavy (non-hydrogen) atoms. The molecule has 0 radical (unpaired) electrons. The average Bonchev–Trinajstić information content (AvgIpc) is 3.08. The minimum atomic E-state index is -4.61. The fourth-order valence-electron chi connectivity index (χ4n) is 2.97. The van der Waals surface area contributed by atoms with Crippen LogP contribution >= 0.6 is 27.5 Å². The van der Waals surface area contributed by atoms with Crippen LogP contribution in [0.2, 0.25) is 5.02 Å². The van der Waals surface area contributed by atoms with Gasteiger partial charge in [-0.2, -0.15) is 23.4 Å². The quantitative estimate of drug-likeness (QED) is 0.524. The summed E-state index contributed by atoms with van der Waals surface area (Å²) in [7, 11) is 0. The number of hydrogen-bond donors (Lipinski definition) is 1. The predicted molar refractivity (Wildman–Crippen MR) is 111 cm³/mol. The summed E-state index contributed by atoms with van der Waals surface area (Å²) in [5.74, 6) is -0.501. The number of nitrogens with zero attached hydrogens (tertiary/aromatic N) is 4. The van der Waals surface area contributed by atoms with Crippen molar-refractivity contribution in [3.05, 3.63) is 62.1 Å². The molecule has 0 aliphatic carbocycles. The Morgan fingerprint density at radius 1 is 1.10 bits per heavy atom. The van der Waals surface area contributed by atoms with Gasteiger partial charge >= 0.3 is 6.18 Å². The van der Waals surface area contributed by atoms with Crippen molar-refractivity contribution in [1.29, 1.82) is 0 Å². The Bertz CT molecular complexity index is 1090. The number of carbonyl (C=O) groups is 1. The van der Waals surface area contributed by atoms with Crippen LogP contribution in [0.4, 0.5) is 18.9 Å². The lowest BCUT2D eigenvalue weighted by molar-refractivity contribution is -0.142. The first-order chi connectivity index (χ1) is 14.0. The summed E-state index contributed by atoms with van der Waals surface area (Å²) < 4.78 is 41.6. The van der Waals surface area contributed by atoms with Gasteiger partial charge in [-0.1, -0.05) is 23.7 Å². The van der Waals surface area contributed by atoms with Gasteiger partial charge in [-0.25, -0.2) is 0 Å². The van der Waals surface area contributed by atoms with E-state index in [2.05, 4.69) is 31.4 Å². The van der Waals surface area contributed by atoms with Crippen LogP contribution in [-0.2, 0) is 24.1 Å². The van der Waals surface area contributed by atoms with Gasteiger partial charge in [0.2, 0.25) is 5.91 Å². The molecule has 6 nitrogen and oxygen atoms in total. The van der Waals surface area contributed by atoms with E-state index < -0.39 is 17.8 Å². The van der Waals surface area contributed by atoms with Crippen LogP contribution in [0, 0.1) is 20.8 Å². The molecular formula is C19H18BrClF3N5O. The van der Waals surface area contributed by atoms with Crippen molar-refractivity contribution in [2.75, 3.05) is 5.32 Å². The monoisotopic (exact) mass is 503 g/mol. The highest BCUT2D eigenvalue weighted by atomic mass is 79.9. The van der Waals surface area contributed by atoms with E-state index in [9.17, 15) is 18.0 Å². The highest BCUT2D eigenvalue weighted by Crippen LogP contribution is 2.35. The van der Waals surface area contributed by atoms with Gasteiger partial charge in [0.15, 0.2) is 5.69 Å². The standard InChI is InChI=1S/C19H18BrClF3N5O/c1-10-17(12(3)28(26-10)8-13-4-6-14(21)7-5-13)25-15(30)9-29-11(2)16(20)18(27-29)19(22,23)24/h4-7H,8-9H2,1-3H3,(H,25,30). The number of rotatable bonds is 5. The van der Waals surface area contributed by atoms with Crippen LogP contribution < -0.4 is 5.32 Å². The van der Waals surface area contributed by atoms with E-state index in [-0.39, 0.29) is 16.7 Å². The molecule has 0 fully saturated rings. The molecule has 0 aliphatic rings. The molecule has 0 saturated heterocycles. The molecule has 1 amide bonds. The Balaban J connectivity index is 1.76. The molecule has 2 aromatic heterocycles. The van der Waals surface area contributed by atoms with Gasteiger partial charge in [0.25, 0.3) is 0 Å². The number of anilines is 1. The first-order valence-electron chi connectivity index (χ1n) is 8.85. The summed E-state index contributed by atoms with van der Waals surface area (Å²) in [5, 5.41) is 11.3. The summed E-state index contributed by atoms with van der Waals surface area (Å²) in [6, 6.07) is 7.33. The fourth-order valence-corrected chi connectivity index (χ4v) is 3.60. The van der Waals surface area contributed by atoms with Gasteiger partial charge in [0.05, 0.1) is 33.8 Å². The summed E-state index contributed by atoms with van der Waals surface area (Å²) >= 11 is 8.80. The van der Waals surface area contributed by atoms with Crippen molar-refractivity contribution in [2.45, 2.75) is 40.0 Å². The Labute approximate surface area is 184 Å². The number of halogens is 5. The third-order valence-electron chi connectivity index (χ3n) is 4.59. The molecule has 3 rings (SSSR count). The van der Waals surface area contributed by atoms with E-state index in [1.165, 1.54) is 6.92 Å². The molecule has 1 N–H and O–H groups in total. The molecule has 11 heteroatoms. The molecule has 0 spiro atoms. The minimum absolute atomic E-state index is 0.175. The first kappa shape index (κ1) is 22.4. The number of hydrogen-bond acceptors (Lipinski definition) is 3. The molecule has 0 aliphatic heterocycles. The Kier molecular flexibility index (Phi) is 6.28. The summed E-state index contributed by atoms with van der Waals surface area (Å²) in [4.78, 5) is 12.5. The maximum Gasteiger partial charge on any atom is 0.436 e. The number of alkyl halides is 3. The summed E-state index contributed by atoms with van der Waals surface area (Å²) in [6.07, 6.45) is -4.61. The maximum atomic E-state index is 13.0. The number of benzene rings is 1. The largest absolute Gasteiger partial charge is 0.436 e. The SMILES string of the molecule is Cc1nn(Cc2ccc(Cl)cc2)c(C)c1NC(=O)Cn1nc(C(F)(F)F)c(Br)c1C. The molecule has 0 saturated carbocycles. The van der Waals surface area contributed by atoms with Gasteiger partial charge in [-0.15, -0.1) is 0 Å². The van der Waals surface area contributed by atoms with Crippen LogP contribution in [0.25, 0.3) is 0 Å². The van der Waals surface area contributed by atoms with Crippen molar-refractivity contribution in [3.8, 4) is 0 Å². The summed E-state index contributed by atoms with van der Waals surface area (Å²) in [5.41, 5.74) is 1.99. The molecule has 0 unspecified atom stereocenters. The number of aryl methyl sites for hydroxylation is 1. The molecule has 2 heterocycles. The van der Waals surface area contributed by atoms with Crippen LogP contribution in [0.15, 0.2) is 28.7 Å². The van der Waals surface area contributed by atoms with Gasteiger partial charge in [0, 0.05) is 5.02 Å². The van der Waals surface area contributed by atoms with E-state index in [1.54, 1.807) is 23.7 Å². The van der Waals surface area contributed by atoms with E-state index >= 15 is 0 Å². The zero-order valence-electron chi connectivity index (χ0n) is 16.3. The normalized spacial score (nSPS) is 11.7. The van der Waals surface area contributed by atoms with E-state index in [0.29, 0.717) is 22.9 Å². The first-order valence-corrected chi connectivity index (χ1v) is 10.0. The zero-order chi connectivity index (χ0) is 22.2. The third-order valence-corrected chi connectivity index (χ3v) is 5.79. The Morgan fingerprint density at radius 2 is 1.73 bits per heavy atom. The molecular weight excluding hydrogens is 487 g/mol. The van der Waals surface area contributed by atoms with Gasteiger partial charge in [0.1, 0.15) is 6.54 Å². The number of carbonyl (C=O) groups excluding carboxylic acids is 1.